The zero-order chi connectivity index (χ0) is 18.9. The van der Waals surface area contributed by atoms with E-state index >= 15 is 0 Å². The Kier molecular flexibility index (Phi) is 4.90. The van der Waals surface area contributed by atoms with Gasteiger partial charge in [0.15, 0.2) is 0 Å². The summed E-state index contributed by atoms with van der Waals surface area (Å²) in [6.07, 6.45) is 8.62. The van der Waals surface area contributed by atoms with E-state index in [4.69, 9.17) is 0 Å². The fourth-order valence-corrected chi connectivity index (χ4v) is 5.20. The fourth-order valence-electron chi connectivity index (χ4n) is 5.20. The molecule has 1 aromatic carbocycles. The van der Waals surface area contributed by atoms with Crippen molar-refractivity contribution < 1.29 is 9.59 Å². The molecule has 1 atom stereocenters. The molecule has 0 radical (unpaired) electrons. The van der Waals surface area contributed by atoms with E-state index in [1.54, 1.807) is 29.2 Å². The molecule has 0 aromatic heterocycles. The largest absolute Gasteiger partial charge is 0.339 e. The molecular weight excluding hydrogens is 338 g/mol. The van der Waals surface area contributed by atoms with Crippen LogP contribution in [-0.4, -0.2) is 47.3 Å². The summed E-state index contributed by atoms with van der Waals surface area (Å²) in [6, 6.07) is 9.45. The van der Waals surface area contributed by atoms with Crippen LogP contribution in [0.3, 0.4) is 0 Å². The number of hydrogen-bond acceptors (Lipinski definition) is 3. The summed E-state index contributed by atoms with van der Waals surface area (Å²) in [6.45, 7) is 1.97. The number of carbonyl (C=O) groups excluding carboxylic acids is 2. The minimum absolute atomic E-state index is 0.119. The predicted molar refractivity (Wildman–Crippen MR) is 102 cm³/mol. The lowest BCUT2D eigenvalue weighted by atomic mass is 9.77. The Labute approximate surface area is 160 Å². The number of rotatable bonds is 2. The average molecular weight is 365 g/mol. The van der Waals surface area contributed by atoms with E-state index in [-0.39, 0.29) is 11.8 Å². The van der Waals surface area contributed by atoms with Crippen molar-refractivity contribution in [2.45, 2.75) is 57.4 Å². The molecule has 2 heterocycles. The summed E-state index contributed by atoms with van der Waals surface area (Å²) in [5.74, 6) is 0.149. The number of nitrogens with zero attached hydrogens (tertiary/aromatic N) is 3. The molecule has 0 unspecified atom stereocenters. The molecule has 0 N–H and O–H groups in total. The standard InChI is InChI=1S/C22H27N3O2/c23-15-17-7-4-5-10-19(17)20(26)24-14-12-22(16-24)11-6-13-25(21(22)27)18-8-2-1-3-9-18/h4-5,7,10,18H,1-3,6,8-9,11-14,16H2/t22-/m1/s1. The van der Waals surface area contributed by atoms with Crippen LogP contribution in [-0.2, 0) is 4.79 Å². The zero-order valence-corrected chi connectivity index (χ0v) is 15.8. The van der Waals surface area contributed by atoms with E-state index < -0.39 is 5.41 Å². The van der Waals surface area contributed by atoms with E-state index in [2.05, 4.69) is 11.0 Å². The summed E-state index contributed by atoms with van der Waals surface area (Å²) < 4.78 is 0. The predicted octanol–water partition coefficient (Wildman–Crippen LogP) is 3.35. The van der Waals surface area contributed by atoms with E-state index in [1.807, 2.05) is 0 Å². The molecular formula is C22H27N3O2. The molecule has 3 aliphatic rings. The molecule has 5 heteroatoms. The first-order valence-corrected chi connectivity index (χ1v) is 10.2. The summed E-state index contributed by atoms with van der Waals surface area (Å²) in [5, 5.41) is 9.29. The molecule has 2 saturated heterocycles. The molecule has 1 aliphatic carbocycles. The van der Waals surface area contributed by atoms with Crippen molar-refractivity contribution in [3.8, 4) is 6.07 Å². The maximum Gasteiger partial charge on any atom is 0.255 e. The Morgan fingerprint density at radius 2 is 1.85 bits per heavy atom. The highest BCUT2D eigenvalue weighted by Crippen LogP contribution is 2.42. The molecule has 1 saturated carbocycles. The monoisotopic (exact) mass is 365 g/mol. The van der Waals surface area contributed by atoms with Gasteiger partial charge in [-0.2, -0.15) is 5.26 Å². The summed E-state index contributed by atoms with van der Waals surface area (Å²) in [7, 11) is 0. The highest BCUT2D eigenvalue weighted by molar-refractivity contribution is 5.97. The lowest BCUT2D eigenvalue weighted by Gasteiger charge is -2.44. The number of likely N-dealkylation sites (tertiary alicyclic amines) is 2. The average Bonchev–Trinajstić information content (AvgIpc) is 3.15. The Balaban J connectivity index is 1.51. The number of amides is 2. The second-order valence-corrected chi connectivity index (χ2v) is 8.31. The third kappa shape index (κ3) is 3.22. The van der Waals surface area contributed by atoms with Gasteiger partial charge in [-0.15, -0.1) is 0 Å². The molecule has 4 rings (SSSR count). The van der Waals surface area contributed by atoms with Gasteiger partial charge in [-0.3, -0.25) is 9.59 Å². The molecule has 2 amide bonds. The first-order chi connectivity index (χ1) is 13.1. The molecule has 0 bridgehead atoms. The van der Waals surface area contributed by atoms with Crippen molar-refractivity contribution >= 4 is 11.8 Å². The normalized spacial score (nSPS) is 26.4. The summed E-state index contributed by atoms with van der Waals surface area (Å²) >= 11 is 0. The molecule has 142 valence electrons. The molecule has 27 heavy (non-hydrogen) atoms. The van der Waals surface area contributed by atoms with Crippen LogP contribution in [0.2, 0.25) is 0 Å². The van der Waals surface area contributed by atoms with Gasteiger partial charge in [0.25, 0.3) is 5.91 Å². The molecule has 1 aromatic rings. The lowest BCUT2D eigenvalue weighted by molar-refractivity contribution is -0.149. The van der Waals surface area contributed by atoms with Crippen LogP contribution in [0.25, 0.3) is 0 Å². The summed E-state index contributed by atoms with van der Waals surface area (Å²) in [5.41, 5.74) is 0.444. The maximum atomic E-state index is 13.4. The highest BCUT2D eigenvalue weighted by atomic mass is 16.2. The quantitative estimate of drug-likeness (QED) is 0.807. The number of hydrogen-bond donors (Lipinski definition) is 0. The van der Waals surface area contributed by atoms with Crippen molar-refractivity contribution in [3.63, 3.8) is 0 Å². The molecule has 3 fully saturated rings. The maximum absolute atomic E-state index is 13.4. The lowest BCUT2D eigenvalue weighted by Crippen LogP contribution is -2.54. The van der Waals surface area contributed by atoms with Gasteiger partial charge < -0.3 is 9.80 Å². The van der Waals surface area contributed by atoms with Gasteiger partial charge in [0.1, 0.15) is 0 Å². The minimum atomic E-state index is -0.410. The van der Waals surface area contributed by atoms with E-state index in [9.17, 15) is 14.9 Å². The topological polar surface area (TPSA) is 64.4 Å². The first kappa shape index (κ1) is 18.0. The van der Waals surface area contributed by atoms with Crippen molar-refractivity contribution in [2.75, 3.05) is 19.6 Å². The van der Waals surface area contributed by atoms with Gasteiger partial charge in [-0.25, -0.2) is 0 Å². The van der Waals surface area contributed by atoms with Gasteiger partial charge in [0.05, 0.1) is 22.6 Å². The van der Waals surface area contributed by atoms with Crippen molar-refractivity contribution in [3.05, 3.63) is 35.4 Å². The fraction of sp³-hybridized carbons (Fsp3) is 0.591. The van der Waals surface area contributed by atoms with Crippen molar-refractivity contribution in [2.24, 2.45) is 5.41 Å². The van der Waals surface area contributed by atoms with E-state index in [0.717, 1.165) is 38.6 Å². The third-order valence-corrected chi connectivity index (χ3v) is 6.70. The Hall–Kier alpha value is -2.35. The SMILES string of the molecule is N#Cc1ccccc1C(=O)N1CC[C@]2(CCCN(C3CCCCC3)C2=O)C1. The summed E-state index contributed by atoms with van der Waals surface area (Å²) in [4.78, 5) is 30.3. The smallest absolute Gasteiger partial charge is 0.255 e. The molecule has 2 aliphatic heterocycles. The number of carbonyl (C=O) groups is 2. The van der Waals surface area contributed by atoms with E-state index in [1.165, 1.54) is 19.3 Å². The van der Waals surface area contributed by atoms with Gasteiger partial charge in [-0.05, 0) is 44.2 Å². The van der Waals surface area contributed by atoms with Crippen LogP contribution in [0.1, 0.15) is 67.3 Å². The van der Waals surface area contributed by atoms with Gasteiger partial charge in [0.2, 0.25) is 5.91 Å². The van der Waals surface area contributed by atoms with Crippen LogP contribution in [0.15, 0.2) is 24.3 Å². The van der Waals surface area contributed by atoms with Gasteiger partial charge in [0, 0.05) is 25.7 Å². The van der Waals surface area contributed by atoms with E-state index in [0.29, 0.717) is 30.3 Å². The van der Waals surface area contributed by atoms with Crippen LogP contribution in [0.5, 0.6) is 0 Å². The van der Waals surface area contributed by atoms with Crippen molar-refractivity contribution in [1.29, 1.82) is 5.26 Å². The number of nitriles is 1. The number of benzene rings is 1. The van der Waals surface area contributed by atoms with Crippen LogP contribution < -0.4 is 0 Å². The molecule has 5 nitrogen and oxygen atoms in total. The Bertz CT molecular complexity index is 778. The van der Waals surface area contributed by atoms with Gasteiger partial charge in [-0.1, -0.05) is 31.4 Å². The van der Waals surface area contributed by atoms with Crippen molar-refractivity contribution in [1.82, 2.24) is 9.80 Å². The second-order valence-electron chi connectivity index (χ2n) is 8.31. The molecule has 1 spiro atoms. The minimum Gasteiger partial charge on any atom is -0.339 e. The zero-order valence-electron chi connectivity index (χ0n) is 15.8. The number of piperidine rings is 1. The van der Waals surface area contributed by atoms with Gasteiger partial charge >= 0.3 is 0 Å². The van der Waals surface area contributed by atoms with Crippen LogP contribution >= 0.6 is 0 Å². The first-order valence-electron chi connectivity index (χ1n) is 10.2. The Morgan fingerprint density at radius 3 is 2.63 bits per heavy atom. The third-order valence-electron chi connectivity index (χ3n) is 6.70. The second kappa shape index (κ2) is 7.34. The highest BCUT2D eigenvalue weighted by Gasteiger charge is 2.50. The van der Waals surface area contributed by atoms with Crippen LogP contribution in [0, 0.1) is 16.7 Å². The Morgan fingerprint density at radius 1 is 1.07 bits per heavy atom. The van der Waals surface area contributed by atoms with Crippen LogP contribution in [0.4, 0.5) is 0 Å².